The summed E-state index contributed by atoms with van der Waals surface area (Å²) in [5.74, 6) is -0.505. The van der Waals surface area contributed by atoms with E-state index >= 15 is 0 Å². The van der Waals surface area contributed by atoms with Crippen molar-refractivity contribution >= 4 is 34.9 Å². The number of rotatable bonds is 3. The van der Waals surface area contributed by atoms with Crippen molar-refractivity contribution in [1.29, 1.82) is 0 Å². The van der Waals surface area contributed by atoms with Crippen molar-refractivity contribution in [3.05, 3.63) is 64.9 Å². The molecule has 0 spiro atoms. The minimum absolute atomic E-state index is 0.0313. The molecule has 1 atom stereocenters. The molecule has 3 aromatic rings. The highest BCUT2D eigenvalue weighted by molar-refractivity contribution is 6.30. The molecule has 6 nitrogen and oxygen atoms in total. The standard InChI is InChI=1S/C20H16ClFN4O2/c1-11-18(12-2-6-14(22)7-3-12)25-26-16(10-17(27)24-19(11)26)20(28)23-15-8-4-13(21)5-9-15/h2-9,16H,10H2,1H3,(H,23,28)(H,24,27)/t16-/m1/s1. The number of benzene rings is 2. The largest absolute Gasteiger partial charge is 0.324 e. The molecule has 2 amide bonds. The monoisotopic (exact) mass is 398 g/mol. The van der Waals surface area contributed by atoms with Gasteiger partial charge in [0.2, 0.25) is 11.8 Å². The molecule has 8 heteroatoms. The molecular weight excluding hydrogens is 383 g/mol. The minimum atomic E-state index is -0.799. The van der Waals surface area contributed by atoms with E-state index in [-0.39, 0.29) is 24.1 Å². The smallest absolute Gasteiger partial charge is 0.249 e. The van der Waals surface area contributed by atoms with E-state index in [1.54, 1.807) is 43.3 Å². The highest BCUT2D eigenvalue weighted by Crippen LogP contribution is 2.34. The van der Waals surface area contributed by atoms with E-state index in [9.17, 15) is 14.0 Å². The Morgan fingerprint density at radius 2 is 1.89 bits per heavy atom. The average molecular weight is 399 g/mol. The summed E-state index contributed by atoms with van der Waals surface area (Å²) in [4.78, 5) is 25.0. The first-order valence-electron chi connectivity index (χ1n) is 8.63. The van der Waals surface area contributed by atoms with E-state index < -0.39 is 6.04 Å². The third-order valence-electron chi connectivity index (χ3n) is 4.61. The molecule has 2 N–H and O–H groups in total. The molecule has 0 fully saturated rings. The van der Waals surface area contributed by atoms with Gasteiger partial charge in [0.15, 0.2) is 0 Å². The van der Waals surface area contributed by atoms with Gasteiger partial charge in [0.25, 0.3) is 0 Å². The van der Waals surface area contributed by atoms with Gasteiger partial charge in [-0.2, -0.15) is 5.10 Å². The van der Waals surface area contributed by atoms with Crippen molar-refractivity contribution in [3.8, 4) is 11.3 Å². The molecular formula is C20H16ClFN4O2. The molecule has 1 aliphatic rings. The second-order valence-electron chi connectivity index (χ2n) is 6.54. The predicted molar refractivity (Wildman–Crippen MR) is 105 cm³/mol. The highest BCUT2D eigenvalue weighted by atomic mass is 35.5. The van der Waals surface area contributed by atoms with Gasteiger partial charge in [-0.15, -0.1) is 0 Å². The molecule has 0 saturated carbocycles. The number of hydrogen-bond acceptors (Lipinski definition) is 3. The van der Waals surface area contributed by atoms with Crippen molar-refractivity contribution < 1.29 is 14.0 Å². The summed E-state index contributed by atoms with van der Waals surface area (Å²) >= 11 is 5.87. The van der Waals surface area contributed by atoms with Crippen LogP contribution in [0.25, 0.3) is 11.3 Å². The normalized spacial score (nSPS) is 15.7. The maximum absolute atomic E-state index is 13.2. The lowest BCUT2D eigenvalue weighted by Gasteiger charge is -2.24. The van der Waals surface area contributed by atoms with E-state index in [1.165, 1.54) is 16.8 Å². The molecule has 28 heavy (non-hydrogen) atoms. The zero-order chi connectivity index (χ0) is 19.8. The van der Waals surface area contributed by atoms with Crippen molar-refractivity contribution in [3.63, 3.8) is 0 Å². The van der Waals surface area contributed by atoms with E-state index in [1.807, 2.05) is 0 Å². The molecule has 0 bridgehead atoms. The number of halogens is 2. The first-order chi connectivity index (χ1) is 13.4. The summed E-state index contributed by atoms with van der Waals surface area (Å²) in [6, 6.07) is 11.8. The zero-order valence-corrected chi connectivity index (χ0v) is 15.6. The fraction of sp³-hybridized carbons (Fsp3) is 0.150. The van der Waals surface area contributed by atoms with E-state index in [0.717, 1.165) is 0 Å². The lowest BCUT2D eigenvalue weighted by atomic mass is 10.1. The second kappa shape index (κ2) is 7.09. The average Bonchev–Trinajstić information content (AvgIpc) is 3.00. The SMILES string of the molecule is Cc1c(-c2ccc(F)cc2)nn2c1NC(=O)C[C@@H]2C(=O)Nc1ccc(Cl)cc1. The Labute approximate surface area is 165 Å². The molecule has 2 aromatic carbocycles. The van der Waals surface area contributed by atoms with Gasteiger partial charge in [-0.3, -0.25) is 9.59 Å². The Kier molecular flexibility index (Phi) is 4.60. The summed E-state index contributed by atoms with van der Waals surface area (Å²) in [5, 5.41) is 10.7. The van der Waals surface area contributed by atoms with Crippen LogP contribution in [0.3, 0.4) is 0 Å². The predicted octanol–water partition coefficient (Wildman–Crippen LogP) is 4.17. The van der Waals surface area contributed by atoms with Gasteiger partial charge >= 0.3 is 0 Å². The molecule has 1 aliphatic heterocycles. The lowest BCUT2D eigenvalue weighted by molar-refractivity contribution is -0.125. The van der Waals surface area contributed by atoms with Crippen molar-refractivity contribution in [2.75, 3.05) is 10.6 Å². The van der Waals surface area contributed by atoms with Gasteiger partial charge in [0.05, 0.1) is 12.1 Å². The molecule has 1 aromatic heterocycles. The highest BCUT2D eigenvalue weighted by Gasteiger charge is 2.34. The molecule has 0 radical (unpaired) electrons. The summed E-state index contributed by atoms with van der Waals surface area (Å²) < 4.78 is 14.8. The summed E-state index contributed by atoms with van der Waals surface area (Å²) in [6.07, 6.45) is -0.0313. The van der Waals surface area contributed by atoms with Gasteiger partial charge in [0.1, 0.15) is 17.7 Å². The van der Waals surface area contributed by atoms with Crippen LogP contribution in [-0.4, -0.2) is 21.6 Å². The van der Waals surface area contributed by atoms with Crippen LogP contribution in [0, 0.1) is 12.7 Å². The van der Waals surface area contributed by atoms with E-state index in [0.29, 0.717) is 33.3 Å². The van der Waals surface area contributed by atoms with E-state index in [2.05, 4.69) is 15.7 Å². The molecule has 2 heterocycles. The number of nitrogens with one attached hydrogen (secondary N) is 2. The van der Waals surface area contributed by atoms with Crippen LogP contribution >= 0.6 is 11.6 Å². The maximum Gasteiger partial charge on any atom is 0.249 e. The maximum atomic E-state index is 13.2. The van der Waals surface area contributed by atoms with Gasteiger partial charge in [0, 0.05) is 21.8 Å². The molecule has 142 valence electrons. The summed E-state index contributed by atoms with van der Waals surface area (Å²) in [7, 11) is 0. The fourth-order valence-corrected chi connectivity index (χ4v) is 3.31. The Bertz CT molecular complexity index is 1060. The lowest BCUT2D eigenvalue weighted by Crippen LogP contribution is -2.35. The fourth-order valence-electron chi connectivity index (χ4n) is 3.18. The molecule has 0 unspecified atom stereocenters. The second-order valence-corrected chi connectivity index (χ2v) is 6.97. The number of anilines is 2. The van der Waals surface area contributed by atoms with Gasteiger partial charge in [-0.1, -0.05) is 11.6 Å². The van der Waals surface area contributed by atoms with Crippen LogP contribution in [0.15, 0.2) is 48.5 Å². The summed E-state index contributed by atoms with van der Waals surface area (Å²) in [6.45, 7) is 1.80. The Hall–Kier alpha value is -3.19. The van der Waals surface area contributed by atoms with E-state index in [4.69, 9.17) is 11.6 Å². The Morgan fingerprint density at radius 3 is 2.57 bits per heavy atom. The van der Waals surface area contributed by atoms with Crippen LogP contribution in [0.1, 0.15) is 18.0 Å². The van der Waals surface area contributed by atoms with Crippen molar-refractivity contribution in [2.45, 2.75) is 19.4 Å². The number of fused-ring (bicyclic) bond motifs is 1. The molecule has 0 aliphatic carbocycles. The van der Waals surface area contributed by atoms with Crippen LogP contribution in [-0.2, 0) is 9.59 Å². The van der Waals surface area contributed by atoms with Gasteiger partial charge in [-0.25, -0.2) is 9.07 Å². The first kappa shape index (κ1) is 18.2. The number of nitrogens with zero attached hydrogens (tertiary/aromatic N) is 2. The van der Waals surface area contributed by atoms with Crippen LogP contribution in [0.2, 0.25) is 5.02 Å². The summed E-state index contributed by atoms with van der Waals surface area (Å²) in [5.41, 5.74) is 2.57. The number of aromatic nitrogens is 2. The topological polar surface area (TPSA) is 76.0 Å². The quantitative estimate of drug-likeness (QED) is 0.695. The Balaban J connectivity index is 1.69. The number of hydrogen-bond donors (Lipinski definition) is 2. The number of carbonyl (C=O) groups excluding carboxylic acids is 2. The van der Waals surface area contributed by atoms with Crippen LogP contribution in [0.4, 0.5) is 15.9 Å². The minimum Gasteiger partial charge on any atom is -0.324 e. The van der Waals surface area contributed by atoms with Crippen LogP contribution in [0.5, 0.6) is 0 Å². The van der Waals surface area contributed by atoms with Gasteiger partial charge < -0.3 is 10.6 Å². The number of carbonyl (C=O) groups is 2. The van der Waals surface area contributed by atoms with Gasteiger partial charge in [-0.05, 0) is 55.5 Å². The third-order valence-corrected chi connectivity index (χ3v) is 4.86. The molecule has 0 saturated heterocycles. The van der Waals surface area contributed by atoms with Crippen LogP contribution < -0.4 is 10.6 Å². The van der Waals surface area contributed by atoms with Crippen molar-refractivity contribution in [1.82, 2.24) is 9.78 Å². The Morgan fingerprint density at radius 1 is 1.21 bits per heavy atom. The number of amides is 2. The third kappa shape index (κ3) is 3.36. The first-order valence-corrected chi connectivity index (χ1v) is 9.01. The van der Waals surface area contributed by atoms with Crippen molar-refractivity contribution in [2.24, 2.45) is 0 Å². The zero-order valence-electron chi connectivity index (χ0n) is 14.9. The molecule has 4 rings (SSSR count).